The van der Waals surface area contributed by atoms with E-state index in [-0.39, 0.29) is 15.9 Å². The number of pyridine rings is 1. The molecule has 1 heterocycles. The van der Waals surface area contributed by atoms with Crippen molar-refractivity contribution in [2.24, 2.45) is 0 Å². The lowest BCUT2D eigenvalue weighted by atomic mass is 10.1. The lowest BCUT2D eigenvalue weighted by Crippen LogP contribution is -2.16. The Bertz CT molecular complexity index is 421. The summed E-state index contributed by atoms with van der Waals surface area (Å²) in [7, 11) is 0. The second kappa shape index (κ2) is 5.65. The molecule has 0 fully saturated rings. The van der Waals surface area contributed by atoms with Gasteiger partial charge in [0.05, 0.1) is 13.0 Å². The van der Waals surface area contributed by atoms with Gasteiger partial charge in [-0.05, 0) is 41.1 Å². The molecule has 0 saturated heterocycles. The van der Waals surface area contributed by atoms with Gasteiger partial charge < -0.3 is 4.74 Å². The quantitative estimate of drug-likeness (QED) is 0.473. The normalized spacial score (nSPS) is 11.4. The number of hydrogen-bond donors (Lipinski definition) is 0. The molecular weight excluding hydrogens is 350 g/mol. The van der Waals surface area contributed by atoms with Gasteiger partial charge in [-0.25, -0.2) is 4.98 Å². The van der Waals surface area contributed by atoms with Gasteiger partial charge in [-0.1, -0.05) is 6.07 Å². The number of hydrogen-bond acceptors (Lipinski definition) is 3. The summed E-state index contributed by atoms with van der Waals surface area (Å²) < 4.78 is 42.8. The fourth-order valence-electron chi connectivity index (χ4n) is 1.22. The van der Waals surface area contributed by atoms with Gasteiger partial charge in [0.15, 0.2) is 0 Å². The molecule has 1 aromatic heterocycles. The summed E-state index contributed by atoms with van der Waals surface area (Å²) in [6, 6.07) is 2.67. The van der Waals surface area contributed by atoms with Gasteiger partial charge in [0.1, 0.15) is 9.39 Å². The van der Waals surface area contributed by atoms with Gasteiger partial charge in [0.2, 0.25) is 0 Å². The summed E-state index contributed by atoms with van der Waals surface area (Å²) >= 11 is 1.69. The molecule has 0 N–H and O–H groups in total. The molecule has 7 heteroatoms. The maximum atomic E-state index is 12.6. The van der Waals surface area contributed by atoms with Gasteiger partial charge >= 0.3 is 12.1 Å². The van der Waals surface area contributed by atoms with Crippen LogP contribution in [0.5, 0.6) is 0 Å². The van der Waals surface area contributed by atoms with Gasteiger partial charge in [0.25, 0.3) is 0 Å². The van der Waals surface area contributed by atoms with Crippen LogP contribution in [-0.4, -0.2) is 17.6 Å². The Morgan fingerprint density at radius 1 is 1.47 bits per heavy atom. The largest absolute Gasteiger partial charge is 0.466 e. The number of halogens is 4. The van der Waals surface area contributed by atoms with E-state index in [0.29, 0.717) is 0 Å². The number of alkyl halides is 3. The molecule has 0 unspecified atom stereocenters. The molecule has 0 aliphatic carbocycles. The van der Waals surface area contributed by atoms with E-state index in [1.54, 1.807) is 29.5 Å². The van der Waals surface area contributed by atoms with E-state index >= 15 is 0 Å². The van der Waals surface area contributed by atoms with E-state index in [2.05, 4.69) is 9.72 Å². The highest BCUT2D eigenvalue weighted by Crippen LogP contribution is 2.31. The molecule has 3 nitrogen and oxygen atoms in total. The van der Waals surface area contributed by atoms with Crippen LogP contribution in [0.3, 0.4) is 0 Å². The third-order valence-corrected chi connectivity index (χ3v) is 2.45. The Labute approximate surface area is 110 Å². The first kappa shape index (κ1) is 14.2. The Morgan fingerprint density at radius 2 is 2.12 bits per heavy atom. The Morgan fingerprint density at radius 3 is 2.65 bits per heavy atom. The topological polar surface area (TPSA) is 39.2 Å². The highest BCUT2D eigenvalue weighted by Gasteiger charge is 2.36. The maximum Gasteiger partial charge on any atom is 0.433 e. The predicted octanol–water partition coefficient (Wildman–Crippen LogP) is 2.81. The molecule has 1 aromatic rings. The summed E-state index contributed by atoms with van der Waals surface area (Å²) in [6.45, 7) is 1.73. The standard InChI is InChI=1S/C10H9F3INO2/c1-2-17-8(16)5-6-3-4-7(14)15-9(6)10(11,12)13/h3-4H,2,5H2,1H3. The minimum absolute atomic E-state index is 0.137. The molecule has 0 saturated carbocycles. The molecule has 0 aliphatic rings. The average Bonchev–Trinajstić information content (AvgIpc) is 2.19. The molecular formula is C10H9F3INO2. The molecule has 94 valence electrons. The maximum absolute atomic E-state index is 12.6. The van der Waals surface area contributed by atoms with Crippen LogP contribution >= 0.6 is 22.6 Å². The van der Waals surface area contributed by atoms with Crippen molar-refractivity contribution in [2.45, 2.75) is 19.5 Å². The van der Waals surface area contributed by atoms with Gasteiger partial charge in [-0.3, -0.25) is 4.79 Å². The molecule has 0 aliphatic heterocycles. The van der Waals surface area contributed by atoms with Crippen LogP contribution in [0, 0.1) is 3.70 Å². The van der Waals surface area contributed by atoms with Crippen LogP contribution < -0.4 is 0 Å². The van der Waals surface area contributed by atoms with Crippen molar-refractivity contribution in [1.82, 2.24) is 4.98 Å². The van der Waals surface area contributed by atoms with Gasteiger partial charge in [-0.15, -0.1) is 0 Å². The van der Waals surface area contributed by atoms with Crippen LogP contribution in [0.25, 0.3) is 0 Å². The van der Waals surface area contributed by atoms with Crippen molar-refractivity contribution in [3.8, 4) is 0 Å². The lowest BCUT2D eigenvalue weighted by molar-refractivity contribution is -0.144. The molecule has 0 bridgehead atoms. The Balaban J connectivity index is 3.03. The summed E-state index contributed by atoms with van der Waals surface area (Å²) in [5.41, 5.74) is -1.20. The molecule has 17 heavy (non-hydrogen) atoms. The van der Waals surface area contributed by atoms with Gasteiger partial charge in [-0.2, -0.15) is 13.2 Å². The molecule has 1 rings (SSSR count). The summed E-state index contributed by atoms with van der Waals surface area (Å²) in [5.74, 6) is -0.694. The third kappa shape index (κ3) is 4.14. The predicted molar refractivity (Wildman–Crippen MR) is 62.3 cm³/mol. The number of carbonyl (C=O) groups is 1. The lowest BCUT2D eigenvalue weighted by Gasteiger charge is -2.11. The zero-order valence-corrected chi connectivity index (χ0v) is 11.0. The second-order valence-electron chi connectivity index (χ2n) is 3.12. The minimum Gasteiger partial charge on any atom is -0.466 e. The van der Waals surface area contributed by atoms with Crippen molar-refractivity contribution < 1.29 is 22.7 Å². The fourth-order valence-corrected chi connectivity index (χ4v) is 1.64. The highest BCUT2D eigenvalue weighted by atomic mass is 127. The van der Waals surface area contributed by atoms with Crippen LogP contribution in [-0.2, 0) is 22.1 Å². The third-order valence-electron chi connectivity index (χ3n) is 1.85. The first-order chi connectivity index (χ1) is 7.84. The molecule has 0 aromatic carbocycles. The van der Waals surface area contributed by atoms with Crippen molar-refractivity contribution in [2.75, 3.05) is 6.61 Å². The van der Waals surface area contributed by atoms with E-state index in [1.807, 2.05) is 0 Å². The smallest absolute Gasteiger partial charge is 0.433 e. The summed E-state index contributed by atoms with van der Waals surface area (Å²) in [6.07, 6.45) is -4.99. The van der Waals surface area contributed by atoms with E-state index < -0.39 is 24.3 Å². The number of aromatic nitrogens is 1. The van der Waals surface area contributed by atoms with Crippen LogP contribution in [0.1, 0.15) is 18.2 Å². The number of carbonyl (C=O) groups excluding carboxylic acids is 1. The molecule has 0 atom stereocenters. The Kier molecular flexibility index (Phi) is 4.72. The van der Waals surface area contributed by atoms with E-state index in [9.17, 15) is 18.0 Å². The number of nitrogens with zero attached hydrogens (tertiary/aromatic N) is 1. The number of rotatable bonds is 3. The van der Waals surface area contributed by atoms with E-state index in [1.165, 1.54) is 12.1 Å². The summed E-state index contributed by atoms with van der Waals surface area (Å²) in [5, 5.41) is 0. The first-order valence-corrected chi connectivity index (χ1v) is 5.80. The molecule has 0 spiro atoms. The average molecular weight is 359 g/mol. The fraction of sp³-hybridized carbons (Fsp3) is 0.400. The zero-order valence-electron chi connectivity index (χ0n) is 8.84. The highest BCUT2D eigenvalue weighted by molar-refractivity contribution is 14.1. The zero-order chi connectivity index (χ0) is 13.1. The number of esters is 1. The molecule has 0 amide bonds. The SMILES string of the molecule is CCOC(=O)Cc1ccc(I)nc1C(F)(F)F. The van der Waals surface area contributed by atoms with E-state index in [4.69, 9.17) is 0 Å². The van der Waals surface area contributed by atoms with Crippen LogP contribution in [0.15, 0.2) is 12.1 Å². The monoisotopic (exact) mass is 359 g/mol. The van der Waals surface area contributed by atoms with Crippen molar-refractivity contribution in [3.63, 3.8) is 0 Å². The second-order valence-corrected chi connectivity index (χ2v) is 4.23. The van der Waals surface area contributed by atoms with Crippen molar-refractivity contribution >= 4 is 28.6 Å². The van der Waals surface area contributed by atoms with Crippen LogP contribution in [0.2, 0.25) is 0 Å². The van der Waals surface area contributed by atoms with Crippen molar-refractivity contribution in [1.29, 1.82) is 0 Å². The van der Waals surface area contributed by atoms with E-state index in [0.717, 1.165) is 0 Å². The first-order valence-electron chi connectivity index (χ1n) is 4.72. The molecule has 0 radical (unpaired) electrons. The minimum atomic E-state index is -4.57. The number of ether oxygens (including phenoxy) is 1. The summed E-state index contributed by atoms with van der Waals surface area (Å²) in [4.78, 5) is 14.6. The Hall–Kier alpha value is -0.860. The van der Waals surface area contributed by atoms with Crippen LogP contribution in [0.4, 0.5) is 13.2 Å². The van der Waals surface area contributed by atoms with Gasteiger partial charge in [0, 0.05) is 0 Å². The van der Waals surface area contributed by atoms with Crippen molar-refractivity contribution in [3.05, 3.63) is 27.1 Å².